The Hall–Kier alpha value is -1.30. The van der Waals surface area contributed by atoms with Gasteiger partial charge in [0.1, 0.15) is 5.60 Å². The molecule has 2 heterocycles. The standard InChI is InChI=1S/C15H23N3O2S/c1-11-7-8-16-13(17-11)21-12-6-5-9-18(10-12)14(19)20-15(2,3)4/h7-8,12H,5-6,9-10H2,1-4H3. The number of hydrogen-bond donors (Lipinski definition) is 0. The van der Waals surface area contributed by atoms with Gasteiger partial charge < -0.3 is 9.64 Å². The Bertz CT molecular complexity index is 502. The van der Waals surface area contributed by atoms with Gasteiger partial charge in [0.15, 0.2) is 5.16 Å². The first-order valence-corrected chi connectivity index (χ1v) is 8.16. The lowest BCUT2D eigenvalue weighted by Crippen LogP contribution is -2.43. The van der Waals surface area contributed by atoms with Crippen LogP contribution in [0.2, 0.25) is 0 Å². The summed E-state index contributed by atoms with van der Waals surface area (Å²) >= 11 is 1.65. The zero-order valence-corrected chi connectivity index (χ0v) is 13.9. The van der Waals surface area contributed by atoms with E-state index in [-0.39, 0.29) is 6.09 Å². The third kappa shape index (κ3) is 5.19. The summed E-state index contributed by atoms with van der Waals surface area (Å²) in [4.78, 5) is 22.6. The highest BCUT2D eigenvalue weighted by atomic mass is 32.2. The molecule has 116 valence electrons. The first-order valence-electron chi connectivity index (χ1n) is 7.28. The molecule has 1 saturated heterocycles. The molecule has 0 N–H and O–H groups in total. The lowest BCUT2D eigenvalue weighted by Gasteiger charge is -2.33. The maximum absolute atomic E-state index is 12.1. The summed E-state index contributed by atoms with van der Waals surface area (Å²) < 4.78 is 5.44. The Kier molecular flexibility index (Phi) is 5.08. The molecule has 0 radical (unpaired) electrons. The number of amides is 1. The fourth-order valence-corrected chi connectivity index (χ4v) is 3.31. The number of aromatic nitrogens is 2. The monoisotopic (exact) mass is 309 g/mol. The van der Waals surface area contributed by atoms with Crippen LogP contribution < -0.4 is 0 Å². The van der Waals surface area contributed by atoms with Crippen LogP contribution in [0.5, 0.6) is 0 Å². The second-order valence-electron chi connectivity index (χ2n) is 6.29. The molecule has 0 bridgehead atoms. The Morgan fingerprint density at radius 1 is 1.48 bits per heavy atom. The van der Waals surface area contributed by atoms with Crippen LogP contribution in [-0.2, 0) is 4.74 Å². The fraction of sp³-hybridized carbons (Fsp3) is 0.667. The van der Waals surface area contributed by atoms with Gasteiger partial charge in [-0.05, 0) is 46.6 Å². The highest BCUT2D eigenvalue weighted by Crippen LogP contribution is 2.27. The third-order valence-electron chi connectivity index (χ3n) is 3.07. The van der Waals surface area contributed by atoms with Crippen LogP contribution in [0.4, 0.5) is 4.79 Å². The molecule has 0 aliphatic carbocycles. The van der Waals surface area contributed by atoms with E-state index in [0.717, 1.165) is 30.2 Å². The number of thioether (sulfide) groups is 1. The Morgan fingerprint density at radius 3 is 2.90 bits per heavy atom. The van der Waals surface area contributed by atoms with Crippen molar-refractivity contribution in [3.05, 3.63) is 18.0 Å². The molecule has 1 amide bonds. The van der Waals surface area contributed by atoms with Crippen molar-refractivity contribution in [1.82, 2.24) is 14.9 Å². The van der Waals surface area contributed by atoms with Crippen LogP contribution in [0.25, 0.3) is 0 Å². The van der Waals surface area contributed by atoms with Gasteiger partial charge in [0.05, 0.1) is 0 Å². The molecule has 1 aromatic heterocycles. The maximum Gasteiger partial charge on any atom is 0.410 e. The SMILES string of the molecule is Cc1ccnc(SC2CCCN(C(=O)OC(C)(C)C)C2)n1. The second kappa shape index (κ2) is 6.64. The van der Waals surface area contributed by atoms with E-state index in [9.17, 15) is 4.79 Å². The molecule has 6 heteroatoms. The molecule has 1 fully saturated rings. The van der Waals surface area contributed by atoms with Crippen molar-refractivity contribution in [3.8, 4) is 0 Å². The summed E-state index contributed by atoms with van der Waals surface area (Å²) in [5.41, 5.74) is 0.518. The largest absolute Gasteiger partial charge is 0.444 e. The number of rotatable bonds is 2. The summed E-state index contributed by atoms with van der Waals surface area (Å²) in [6, 6.07) is 1.89. The Labute approximate surface area is 130 Å². The predicted octanol–water partition coefficient (Wildman–Crippen LogP) is 3.28. The number of ether oxygens (including phenoxy) is 1. The maximum atomic E-state index is 12.1. The average Bonchev–Trinajstić information content (AvgIpc) is 2.37. The van der Waals surface area contributed by atoms with Crippen LogP contribution >= 0.6 is 11.8 Å². The lowest BCUT2D eigenvalue weighted by molar-refractivity contribution is 0.0220. The van der Waals surface area contributed by atoms with Gasteiger partial charge in [-0.2, -0.15) is 0 Å². The lowest BCUT2D eigenvalue weighted by atomic mass is 10.1. The molecule has 1 unspecified atom stereocenters. The van der Waals surface area contributed by atoms with Gasteiger partial charge in [0.2, 0.25) is 0 Å². The van der Waals surface area contributed by atoms with Gasteiger partial charge in [-0.15, -0.1) is 0 Å². The van der Waals surface area contributed by atoms with E-state index in [1.807, 2.05) is 33.8 Å². The van der Waals surface area contributed by atoms with E-state index in [1.54, 1.807) is 22.9 Å². The number of hydrogen-bond acceptors (Lipinski definition) is 5. The zero-order valence-electron chi connectivity index (χ0n) is 13.1. The summed E-state index contributed by atoms with van der Waals surface area (Å²) in [7, 11) is 0. The molecular formula is C15H23N3O2S. The number of carbonyl (C=O) groups is 1. The van der Waals surface area contributed by atoms with Crippen LogP contribution in [-0.4, -0.2) is 44.9 Å². The highest BCUT2D eigenvalue weighted by molar-refractivity contribution is 7.99. The first-order chi connectivity index (χ1) is 9.83. The first kappa shape index (κ1) is 16.1. The molecule has 21 heavy (non-hydrogen) atoms. The van der Waals surface area contributed by atoms with Crippen molar-refractivity contribution in [2.75, 3.05) is 13.1 Å². The number of nitrogens with zero attached hydrogens (tertiary/aromatic N) is 3. The number of carbonyl (C=O) groups excluding carboxylic acids is 1. The van der Waals surface area contributed by atoms with Gasteiger partial charge >= 0.3 is 6.09 Å². The summed E-state index contributed by atoms with van der Waals surface area (Å²) in [6.45, 7) is 9.09. The third-order valence-corrected chi connectivity index (χ3v) is 4.20. The molecule has 1 aliphatic heterocycles. The van der Waals surface area contributed by atoms with Crippen LogP contribution in [0, 0.1) is 6.92 Å². The van der Waals surface area contributed by atoms with E-state index in [1.165, 1.54) is 0 Å². The number of piperidine rings is 1. The minimum atomic E-state index is -0.448. The molecule has 1 aromatic rings. The molecule has 0 spiro atoms. The second-order valence-corrected chi connectivity index (χ2v) is 7.56. The average molecular weight is 309 g/mol. The summed E-state index contributed by atoms with van der Waals surface area (Å²) in [5, 5.41) is 1.11. The van der Waals surface area contributed by atoms with Crippen molar-refractivity contribution in [2.45, 2.75) is 56.5 Å². The molecule has 1 aliphatic rings. The molecule has 5 nitrogen and oxygen atoms in total. The van der Waals surface area contributed by atoms with Gasteiger partial charge in [-0.1, -0.05) is 11.8 Å². The minimum absolute atomic E-state index is 0.224. The topological polar surface area (TPSA) is 55.3 Å². The van der Waals surface area contributed by atoms with E-state index in [0.29, 0.717) is 11.8 Å². The van der Waals surface area contributed by atoms with Gasteiger partial charge in [0, 0.05) is 30.2 Å². The Morgan fingerprint density at radius 2 is 2.24 bits per heavy atom. The van der Waals surface area contributed by atoms with Crippen LogP contribution in [0.15, 0.2) is 17.4 Å². The quantitative estimate of drug-likeness (QED) is 0.785. The minimum Gasteiger partial charge on any atom is -0.444 e. The van der Waals surface area contributed by atoms with E-state index in [2.05, 4.69) is 9.97 Å². The predicted molar refractivity (Wildman–Crippen MR) is 83.5 cm³/mol. The van der Waals surface area contributed by atoms with Gasteiger partial charge in [-0.3, -0.25) is 0 Å². The normalized spacial score (nSPS) is 19.4. The molecule has 0 saturated carbocycles. The van der Waals surface area contributed by atoms with Crippen LogP contribution in [0.1, 0.15) is 39.3 Å². The van der Waals surface area contributed by atoms with E-state index in [4.69, 9.17) is 4.74 Å². The van der Waals surface area contributed by atoms with Crippen molar-refractivity contribution in [3.63, 3.8) is 0 Å². The summed E-state index contributed by atoms with van der Waals surface area (Å²) in [5.74, 6) is 0. The molecule has 1 atom stereocenters. The van der Waals surface area contributed by atoms with Crippen molar-refractivity contribution < 1.29 is 9.53 Å². The zero-order chi connectivity index (χ0) is 15.5. The highest BCUT2D eigenvalue weighted by Gasteiger charge is 2.28. The number of aryl methyl sites for hydroxylation is 1. The molecule has 2 rings (SSSR count). The molecule has 0 aromatic carbocycles. The summed E-state index contributed by atoms with van der Waals surface area (Å²) in [6.07, 6.45) is 3.61. The van der Waals surface area contributed by atoms with Crippen LogP contribution in [0.3, 0.4) is 0 Å². The van der Waals surface area contributed by atoms with Crippen molar-refractivity contribution in [2.24, 2.45) is 0 Å². The van der Waals surface area contributed by atoms with Crippen molar-refractivity contribution >= 4 is 17.9 Å². The van der Waals surface area contributed by atoms with E-state index >= 15 is 0 Å². The fourth-order valence-electron chi connectivity index (χ4n) is 2.16. The van der Waals surface area contributed by atoms with Gasteiger partial charge in [-0.25, -0.2) is 14.8 Å². The Balaban J connectivity index is 1.93. The molecular weight excluding hydrogens is 286 g/mol. The van der Waals surface area contributed by atoms with E-state index < -0.39 is 5.60 Å². The van der Waals surface area contributed by atoms with Crippen molar-refractivity contribution in [1.29, 1.82) is 0 Å². The smallest absolute Gasteiger partial charge is 0.410 e. The number of likely N-dealkylation sites (tertiary alicyclic amines) is 1. The van der Waals surface area contributed by atoms with Gasteiger partial charge in [0.25, 0.3) is 0 Å².